The van der Waals surface area contributed by atoms with Crippen molar-refractivity contribution in [3.05, 3.63) is 59.9 Å². The van der Waals surface area contributed by atoms with Crippen molar-refractivity contribution in [2.75, 3.05) is 7.11 Å². The maximum Gasteiger partial charge on any atom is 0.139 e. The largest absolute Gasteiger partial charge is 0.497 e. The molecule has 2 atom stereocenters. The number of halogens is 1. The van der Waals surface area contributed by atoms with E-state index >= 15 is 0 Å². The molecule has 2 rings (SSSR count). The summed E-state index contributed by atoms with van der Waals surface area (Å²) < 4.78 is 24.3. The van der Waals surface area contributed by atoms with E-state index in [1.165, 1.54) is 12.1 Å². The smallest absolute Gasteiger partial charge is 0.139 e. The molecule has 0 bridgehead atoms. The van der Waals surface area contributed by atoms with Gasteiger partial charge in [-0.3, -0.25) is 0 Å². The molecule has 0 aliphatic rings. The van der Waals surface area contributed by atoms with Gasteiger partial charge in [-0.05, 0) is 36.2 Å². The summed E-state index contributed by atoms with van der Waals surface area (Å²) in [5.41, 5.74) is 7.01. The van der Waals surface area contributed by atoms with Crippen molar-refractivity contribution in [1.82, 2.24) is 0 Å². The highest BCUT2D eigenvalue weighted by molar-refractivity contribution is 5.34. The Hall–Kier alpha value is -2.07. The zero-order valence-electron chi connectivity index (χ0n) is 12.3. The second-order valence-corrected chi connectivity index (χ2v) is 4.84. The third kappa shape index (κ3) is 3.95. The molecule has 0 spiro atoms. The van der Waals surface area contributed by atoms with Gasteiger partial charge in [0.05, 0.1) is 7.11 Å². The fourth-order valence-electron chi connectivity index (χ4n) is 2.09. The van der Waals surface area contributed by atoms with Gasteiger partial charge >= 0.3 is 0 Å². The molecular weight excluding hydrogens is 269 g/mol. The molecule has 2 unspecified atom stereocenters. The van der Waals surface area contributed by atoms with Crippen molar-refractivity contribution >= 4 is 0 Å². The molecule has 0 fully saturated rings. The highest BCUT2D eigenvalue weighted by Crippen LogP contribution is 2.28. The summed E-state index contributed by atoms with van der Waals surface area (Å²) in [7, 11) is 1.61. The first-order chi connectivity index (χ1) is 10.1. The maximum absolute atomic E-state index is 13.1. The molecule has 0 saturated carbocycles. The van der Waals surface area contributed by atoms with Gasteiger partial charge in [0.1, 0.15) is 23.4 Å². The Kier molecular flexibility index (Phi) is 5.17. The predicted molar refractivity (Wildman–Crippen MR) is 81.0 cm³/mol. The number of nitrogens with two attached hydrogens (primary N) is 1. The predicted octanol–water partition coefficient (Wildman–Crippen LogP) is 3.69. The minimum Gasteiger partial charge on any atom is -0.497 e. The summed E-state index contributed by atoms with van der Waals surface area (Å²) in [6, 6.07) is 13.4. The van der Waals surface area contributed by atoms with Crippen LogP contribution >= 0.6 is 0 Å². The number of hydrogen-bond donors (Lipinski definition) is 1. The van der Waals surface area contributed by atoms with Gasteiger partial charge in [0.2, 0.25) is 0 Å². The van der Waals surface area contributed by atoms with Crippen LogP contribution in [0.1, 0.15) is 25.0 Å². The minimum atomic E-state index is -0.331. The molecule has 0 amide bonds. The molecule has 0 aliphatic heterocycles. The van der Waals surface area contributed by atoms with Crippen molar-refractivity contribution in [2.45, 2.75) is 25.5 Å². The quantitative estimate of drug-likeness (QED) is 0.882. The lowest BCUT2D eigenvalue weighted by molar-refractivity contribution is 0.170. The first-order valence-electron chi connectivity index (χ1n) is 6.95. The Morgan fingerprint density at radius 3 is 2.38 bits per heavy atom. The second kappa shape index (κ2) is 7.09. The molecule has 2 aromatic carbocycles. The van der Waals surface area contributed by atoms with Gasteiger partial charge in [-0.25, -0.2) is 4.39 Å². The van der Waals surface area contributed by atoms with Crippen LogP contribution in [-0.2, 0) is 0 Å². The standard InChI is InChI=1S/C17H20FNO2/c1-3-16(19)17(12-7-9-13(18)10-8-12)21-15-6-4-5-14(11-15)20-2/h4-11,16-17H,3,19H2,1-2H3. The summed E-state index contributed by atoms with van der Waals surface area (Å²) in [6.07, 6.45) is 0.425. The van der Waals surface area contributed by atoms with E-state index in [4.69, 9.17) is 15.2 Å². The molecule has 0 heterocycles. The monoisotopic (exact) mass is 289 g/mol. The van der Waals surface area contributed by atoms with Crippen LogP contribution in [0.2, 0.25) is 0 Å². The van der Waals surface area contributed by atoms with Gasteiger partial charge in [-0.2, -0.15) is 0 Å². The zero-order chi connectivity index (χ0) is 15.2. The molecule has 2 aromatic rings. The Balaban J connectivity index is 2.25. The molecule has 0 aromatic heterocycles. The van der Waals surface area contributed by atoms with E-state index in [9.17, 15) is 4.39 Å². The van der Waals surface area contributed by atoms with E-state index in [1.807, 2.05) is 25.1 Å². The number of ether oxygens (including phenoxy) is 2. The fourth-order valence-corrected chi connectivity index (χ4v) is 2.09. The summed E-state index contributed by atoms with van der Waals surface area (Å²) in [6.45, 7) is 2.00. The van der Waals surface area contributed by atoms with Crippen molar-refractivity contribution in [3.63, 3.8) is 0 Å². The molecule has 0 aliphatic carbocycles. The van der Waals surface area contributed by atoms with Crippen LogP contribution in [-0.4, -0.2) is 13.2 Å². The van der Waals surface area contributed by atoms with Crippen molar-refractivity contribution in [1.29, 1.82) is 0 Å². The molecule has 4 heteroatoms. The third-order valence-corrected chi connectivity index (χ3v) is 3.36. The number of benzene rings is 2. The second-order valence-electron chi connectivity index (χ2n) is 4.84. The normalized spacial score (nSPS) is 13.5. The lowest BCUT2D eigenvalue weighted by Crippen LogP contribution is -2.31. The van der Waals surface area contributed by atoms with Crippen LogP contribution in [0.3, 0.4) is 0 Å². The summed E-state index contributed by atoms with van der Waals surface area (Å²) >= 11 is 0. The van der Waals surface area contributed by atoms with E-state index in [0.717, 1.165) is 17.7 Å². The van der Waals surface area contributed by atoms with E-state index in [2.05, 4.69) is 0 Å². The van der Waals surface area contributed by atoms with Gasteiger partial charge < -0.3 is 15.2 Å². The maximum atomic E-state index is 13.1. The molecular formula is C17H20FNO2. The molecule has 21 heavy (non-hydrogen) atoms. The summed E-state index contributed by atoms with van der Waals surface area (Å²) in [5.74, 6) is 1.12. The highest BCUT2D eigenvalue weighted by atomic mass is 19.1. The van der Waals surface area contributed by atoms with Crippen LogP contribution < -0.4 is 15.2 Å². The first-order valence-corrected chi connectivity index (χ1v) is 6.95. The minimum absolute atomic E-state index is 0.179. The van der Waals surface area contributed by atoms with Crippen molar-refractivity contribution in [2.24, 2.45) is 5.73 Å². The summed E-state index contributed by atoms with van der Waals surface area (Å²) in [4.78, 5) is 0. The van der Waals surface area contributed by atoms with E-state index in [-0.39, 0.29) is 18.0 Å². The average molecular weight is 289 g/mol. The third-order valence-electron chi connectivity index (χ3n) is 3.36. The lowest BCUT2D eigenvalue weighted by Gasteiger charge is -2.25. The number of hydrogen-bond acceptors (Lipinski definition) is 3. The average Bonchev–Trinajstić information content (AvgIpc) is 2.53. The van der Waals surface area contributed by atoms with Crippen LogP contribution in [0.15, 0.2) is 48.5 Å². The van der Waals surface area contributed by atoms with Gasteiger partial charge in [0.15, 0.2) is 0 Å². The van der Waals surface area contributed by atoms with Gasteiger partial charge in [0.25, 0.3) is 0 Å². The number of rotatable bonds is 6. The molecule has 3 nitrogen and oxygen atoms in total. The van der Waals surface area contributed by atoms with Crippen molar-refractivity contribution in [3.8, 4) is 11.5 Å². The SMILES string of the molecule is CCC(N)C(Oc1cccc(OC)c1)c1ccc(F)cc1. The molecule has 0 radical (unpaired) electrons. The number of methoxy groups -OCH3 is 1. The summed E-state index contributed by atoms with van der Waals surface area (Å²) in [5, 5.41) is 0. The van der Waals surface area contributed by atoms with E-state index in [1.54, 1.807) is 25.3 Å². The van der Waals surface area contributed by atoms with Gasteiger partial charge in [-0.1, -0.05) is 25.1 Å². The molecule has 2 N–H and O–H groups in total. The molecule has 0 saturated heterocycles. The Morgan fingerprint density at radius 2 is 1.76 bits per heavy atom. The van der Waals surface area contributed by atoms with E-state index < -0.39 is 0 Å². The fraction of sp³-hybridized carbons (Fsp3) is 0.294. The van der Waals surface area contributed by atoms with E-state index in [0.29, 0.717) is 5.75 Å². The van der Waals surface area contributed by atoms with Crippen LogP contribution in [0, 0.1) is 5.82 Å². The van der Waals surface area contributed by atoms with Crippen LogP contribution in [0.4, 0.5) is 4.39 Å². The molecule has 112 valence electrons. The Bertz CT molecular complexity index is 571. The van der Waals surface area contributed by atoms with Crippen LogP contribution in [0.5, 0.6) is 11.5 Å². The topological polar surface area (TPSA) is 44.5 Å². The first kappa shape index (κ1) is 15.3. The van der Waals surface area contributed by atoms with Gasteiger partial charge in [-0.15, -0.1) is 0 Å². The van der Waals surface area contributed by atoms with Gasteiger partial charge in [0, 0.05) is 12.1 Å². The van der Waals surface area contributed by atoms with Crippen LogP contribution in [0.25, 0.3) is 0 Å². The Labute approximate surface area is 124 Å². The highest BCUT2D eigenvalue weighted by Gasteiger charge is 2.20. The lowest BCUT2D eigenvalue weighted by atomic mass is 10.0. The van der Waals surface area contributed by atoms with Crippen molar-refractivity contribution < 1.29 is 13.9 Å². The Morgan fingerprint density at radius 1 is 1.10 bits per heavy atom. The zero-order valence-corrected chi connectivity index (χ0v) is 12.3.